The fourth-order valence-electron chi connectivity index (χ4n) is 2.69. The highest BCUT2D eigenvalue weighted by Gasteiger charge is 2.31. The second kappa shape index (κ2) is 7.08. The van der Waals surface area contributed by atoms with Crippen molar-refractivity contribution in [3.05, 3.63) is 12.0 Å². The molecule has 0 aliphatic carbocycles. The fourth-order valence-corrected chi connectivity index (χ4v) is 4.04. The molecule has 2 N–H and O–H groups in total. The van der Waals surface area contributed by atoms with Crippen LogP contribution in [0.1, 0.15) is 38.9 Å². The smallest absolute Gasteiger partial charge is 0.260 e. The minimum atomic E-state index is -3.51. The van der Waals surface area contributed by atoms with Gasteiger partial charge in [-0.05, 0) is 6.42 Å². The second-order valence-electron chi connectivity index (χ2n) is 5.97. The Kier molecular flexibility index (Phi) is 5.60. The van der Waals surface area contributed by atoms with Crippen molar-refractivity contribution in [1.82, 2.24) is 19.2 Å². The summed E-state index contributed by atoms with van der Waals surface area (Å²) in [6.07, 6.45) is 2.27. The molecular weight excluding hydrogens is 304 g/mol. The summed E-state index contributed by atoms with van der Waals surface area (Å²) in [4.78, 5) is 9.21. The van der Waals surface area contributed by atoms with Crippen molar-refractivity contribution in [3.8, 4) is 0 Å². The zero-order chi connectivity index (χ0) is 16.3. The zero-order valence-electron chi connectivity index (χ0n) is 13.5. The number of H-pyrrole nitrogens is 1. The van der Waals surface area contributed by atoms with Gasteiger partial charge in [-0.1, -0.05) is 20.8 Å². The molecule has 1 aromatic heterocycles. The van der Waals surface area contributed by atoms with E-state index in [1.165, 1.54) is 10.5 Å². The third-order valence-electron chi connectivity index (χ3n) is 4.21. The summed E-state index contributed by atoms with van der Waals surface area (Å²) < 4.78 is 26.7. The Morgan fingerprint density at radius 3 is 2.41 bits per heavy atom. The van der Waals surface area contributed by atoms with Gasteiger partial charge in [-0.3, -0.25) is 4.90 Å². The number of hydrogen-bond acceptors (Lipinski definition) is 5. The van der Waals surface area contributed by atoms with E-state index in [-0.39, 0.29) is 23.6 Å². The van der Waals surface area contributed by atoms with Crippen LogP contribution in [0.2, 0.25) is 0 Å². The summed E-state index contributed by atoms with van der Waals surface area (Å²) in [6, 6.07) is 0.115. The minimum Gasteiger partial charge on any atom is -0.395 e. The van der Waals surface area contributed by atoms with Crippen molar-refractivity contribution < 1.29 is 13.5 Å². The van der Waals surface area contributed by atoms with Crippen LogP contribution in [0.5, 0.6) is 0 Å². The molecule has 1 saturated heterocycles. The average molecular weight is 330 g/mol. The highest BCUT2D eigenvalue weighted by atomic mass is 32.2. The van der Waals surface area contributed by atoms with Crippen LogP contribution in [-0.4, -0.2) is 71.5 Å². The number of hydrogen-bond donors (Lipinski definition) is 2. The lowest BCUT2D eigenvalue weighted by Crippen LogP contribution is -2.52. The SMILES string of the molecule is CC[C@@H](CO)N1CCN(S(=O)(=O)c2cnc(C(C)C)[nH]2)CC1. The number of nitrogens with zero attached hydrogens (tertiary/aromatic N) is 3. The van der Waals surface area contributed by atoms with Gasteiger partial charge >= 0.3 is 0 Å². The Balaban J connectivity index is 2.06. The van der Waals surface area contributed by atoms with E-state index in [1.54, 1.807) is 0 Å². The quantitative estimate of drug-likeness (QED) is 0.798. The number of imidazole rings is 1. The van der Waals surface area contributed by atoms with Crippen LogP contribution >= 0.6 is 0 Å². The first-order valence-electron chi connectivity index (χ1n) is 7.80. The molecule has 1 aliphatic rings. The van der Waals surface area contributed by atoms with Crippen LogP contribution in [0.4, 0.5) is 0 Å². The summed E-state index contributed by atoms with van der Waals surface area (Å²) in [5.41, 5.74) is 0. The van der Waals surface area contributed by atoms with Crippen molar-refractivity contribution in [2.24, 2.45) is 0 Å². The number of aliphatic hydroxyl groups is 1. The second-order valence-corrected chi connectivity index (χ2v) is 7.88. The van der Waals surface area contributed by atoms with Crippen LogP contribution < -0.4 is 0 Å². The van der Waals surface area contributed by atoms with Crippen LogP contribution in [0.25, 0.3) is 0 Å². The molecule has 0 radical (unpaired) electrons. The van der Waals surface area contributed by atoms with Crippen molar-refractivity contribution >= 4 is 10.0 Å². The van der Waals surface area contributed by atoms with Crippen molar-refractivity contribution in [2.45, 2.75) is 44.2 Å². The molecule has 2 rings (SSSR count). The van der Waals surface area contributed by atoms with Crippen molar-refractivity contribution in [2.75, 3.05) is 32.8 Å². The molecule has 2 heterocycles. The molecule has 1 fully saturated rings. The standard InChI is InChI=1S/C14H26N4O3S/c1-4-12(10-19)17-5-7-18(8-6-17)22(20,21)13-9-15-14(16-13)11(2)3/h9,11-12,19H,4-8,10H2,1-3H3,(H,15,16)/t12-/m0/s1. The summed E-state index contributed by atoms with van der Waals surface area (Å²) in [5.74, 6) is 0.846. The molecule has 0 spiro atoms. The lowest BCUT2D eigenvalue weighted by Gasteiger charge is -2.37. The molecule has 1 aliphatic heterocycles. The molecule has 22 heavy (non-hydrogen) atoms. The number of sulfonamides is 1. The predicted octanol–water partition coefficient (Wildman–Crippen LogP) is 0.610. The first-order chi connectivity index (χ1) is 10.4. The van der Waals surface area contributed by atoms with Gasteiger partial charge in [0, 0.05) is 38.1 Å². The van der Waals surface area contributed by atoms with Gasteiger partial charge in [-0.15, -0.1) is 0 Å². The van der Waals surface area contributed by atoms with E-state index in [0.717, 1.165) is 6.42 Å². The van der Waals surface area contributed by atoms with E-state index in [9.17, 15) is 13.5 Å². The number of piperazine rings is 1. The van der Waals surface area contributed by atoms with E-state index in [2.05, 4.69) is 14.9 Å². The van der Waals surface area contributed by atoms with Gasteiger partial charge in [-0.2, -0.15) is 4.31 Å². The Morgan fingerprint density at radius 2 is 1.95 bits per heavy atom. The maximum Gasteiger partial charge on any atom is 0.260 e. The van der Waals surface area contributed by atoms with E-state index in [4.69, 9.17) is 0 Å². The Bertz CT molecular complexity index is 573. The van der Waals surface area contributed by atoms with Crippen LogP contribution in [0.3, 0.4) is 0 Å². The molecule has 0 saturated carbocycles. The maximum absolute atomic E-state index is 12.6. The molecule has 7 nitrogen and oxygen atoms in total. The molecule has 0 bridgehead atoms. The highest BCUT2D eigenvalue weighted by Crippen LogP contribution is 2.19. The largest absolute Gasteiger partial charge is 0.395 e. The van der Waals surface area contributed by atoms with E-state index >= 15 is 0 Å². The number of aromatic nitrogens is 2. The van der Waals surface area contributed by atoms with E-state index in [1.807, 2.05) is 20.8 Å². The van der Waals surface area contributed by atoms with E-state index in [0.29, 0.717) is 32.0 Å². The molecule has 1 aromatic rings. The maximum atomic E-state index is 12.6. The molecule has 126 valence electrons. The Hall–Kier alpha value is -0.960. The lowest BCUT2D eigenvalue weighted by molar-refractivity contribution is 0.0880. The normalized spacial score (nSPS) is 19.7. The van der Waals surface area contributed by atoms with Crippen LogP contribution in [0.15, 0.2) is 11.2 Å². The fraction of sp³-hybridized carbons (Fsp3) is 0.786. The number of aliphatic hydroxyl groups excluding tert-OH is 1. The van der Waals surface area contributed by atoms with Gasteiger partial charge in [0.1, 0.15) is 5.82 Å². The highest BCUT2D eigenvalue weighted by molar-refractivity contribution is 7.89. The third-order valence-corrected chi connectivity index (χ3v) is 6.02. The molecule has 8 heteroatoms. The van der Waals surface area contributed by atoms with Gasteiger partial charge in [0.2, 0.25) is 0 Å². The summed E-state index contributed by atoms with van der Waals surface area (Å²) in [6.45, 7) is 8.24. The average Bonchev–Trinajstić information content (AvgIpc) is 3.00. The van der Waals surface area contributed by atoms with Gasteiger partial charge in [0.25, 0.3) is 10.0 Å². The first-order valence-corrected chi connectivity index (χ1v) is 9.24. The Morgan fingerprint density at radius 1 is 1.32 bits per heavy atom. The molecule has 0 aromatic carbocycles. The van der Waals surface area contributed by atoms with Crippen LogP contribution in [0, 0.1) is 0 Å². The topological polar surface area (TPSA) is 89.5 Å². The van der Waals surface area contributed by atoms with Gasteiger partial charge in [0.05, 0.1) is 12.8 Å². The van der Waals surface area contributed by atoms with Gasteiger partial charge in [0.15, 0.2) is 5.03 Å². The molecular formula is C14H26N4O3S. The molecule has 1 atom stereocenters. The lowest BCUT2D eigenvalue weighted by atomic mass is 10.2. The van der Waals surface area contributed by atoms with Crippen molar-refractivity contribution in [1.29, 1.82) is 0 Å². The monoisotopic (exact) mass is 330 g/mol. The van der Waals surface area contributed by atoms with Crippen molar-refractivity contribution in [3.63, 3.8) is 0 Å². The summed E-state index contributed by atoms with van der Waals surface area (Å²) in [5, 5.41) is 9.52. The van der Waals surface area contributed by atoms with Gasteiger partial charge in [-0.25, -0.2) is 13.4 Å². The van der Waals surface area contributed by atoms with Gasteiger partial charge < -0.3 is 10.1 Å². The minimum absolute atomic E-state index is 0.113. The summed E-state index contributed by atoms with van der Waals surface area (Å²) in [7, 11) is -3.51. The number of rotatable bonds is 6. The predicted molar refractivity (Wildman–Crippen MR) is 84.2 cm³/mol. The summed E-state index contributed by atoms with van der Waals surface area (Å²) >= 11 is 0. The molecule has 0 amide bonds. The Labute approximate surface area is 132 Å². The first kappa shape index (κ1) is 17.4. The molecule has 0 unspecified atom stereocenters. The van der Waals surface area contributed by atoms with E-state index < -0.39 is 10.0 Å². The van der Waals surface area contributed by atoms with Crippen LogP contribution in [-0.2, 0) is 10.0 Å². The third kappa shape index (κ3) is 3.51. The zero-order valence-corrected chi connectivity index (χ0v) is 14.3. The number of nitrogens with one attached hydrogen (secondary N) is 1. The number of aromatic amines is 1.